The zero-order valence-electron chi connectivity index (χ0n) is 29.0. The van der Waals surface area contributed by atoms with Crippen molar-refractivity contribution in [2.75, 3.05) is 0 Å². The van der Waals surface area contributed by atoms with Gasteiger partial charge in [-0.25, -0.2) is 14.6 Å². The maximum atomic E-state index is 13.8. The van der Waals surface area contributed by atoms with Crippen LogP contribution in [0.4, 0.5) is 9.59 Å². The van der Waals surface area contributed by atoms with Gasteiger partial charge in [0, 0.05) is 35.6 Å². The molecular weight excluding hydrogens is 669 g/mol. The summed E-state index contributed by atoms with van der Waals surface area (Å²) >= 11 is 3.06. The van der Waals surface area contributed by atoms with E-state index in [0.717, 1.165) is 39.5 Å². The number of alkyl carbamates (subject to hydrolysis) is 1. The van der Waals surface area contributed by atoms with Crippen molar-refractivity contribution in [2.24, 2.45) is 0 Å². The van der Waals surface area contributed by atoms with Crippen LogP contribution in [0.2, 0.25) is 0 Å². The summed E-state index contributed by atoms with van der Waals surface area (Å²) in [5.41, 5.74) is 4.77. The summed E-state index contributed by atoms with van der Waals surface area (Å²) in [6.07, 6.45) is 5.99. The molecule has 0 spiro atoms. The average molecular weight is 717 g/mol. The van der Waals surface area contributed by atoms with Gasteiger partial charge in [-0.05, 0) is 56.1 Å². The van der Waals surface area contributed by atoms with Crippen molar-refractivity contribution < 1.29 is 19.1 Å². The molecular formula is C38H48N6O4S2. The molecule has 0 unspecified atom stereocenters. The minimum Gasteiger partial charge on any atom is -0.444 e. The summed E-state index contributed by atoms with van der Waals surface area (Å²) in [6.45, 7) is 6.72. The molecule has 3 N–H and O–H groups in total. The Bertz CT molecular complexity index is 1630. The molecule has 2 heterocycles. The highest BCUT2D eigenvalue weighted by Gasteiger charge is 2.35. The van der Waals surface area contributed by atoms with Crippen molar-refractivity contribution in [1.82, 2.24) is 30.8 Å². The maximum Gasteiger partial charge on any atom is 0.407 e. The molecule has 4 aromatic rings. The van der Waals surface area contributed by atoms with Crippen molar-refractivity contribution in [1.29, 1.82) is 0 Å². The first-order chi connectivity index (χ1) is 24.3. The molecule has 266 valence electrons. The fraction of sp³-hybridized carbons (Fsp3) is 0.447. The minimum atomic E-state index is -0.691. The molecule has 5 rings (SSSR count). The van der Waals surface area contributed by atoms with E-state index in [4.69, 9.17) is 9.72 Å². The van der Waals surface area contributed by atoms with Gasteiger partial charge < -0.3 is 25.6 Å². The van der Waals surface area contributed by atoms with Crippen LogP contribution < -0.4 is 16.0 Å². The Hall–Kier alpha value is -4.29. The lowest BCUT2D eigenvalue weighted by molar-refractivity contribution is -0.123. The quantitative estimate of drug-likeness (QED) is 0.0999. The van der Waals surface area contributed by atoms with Gasteiger partial charge in [0.1, 0.15) is 12.6 Å². The number of carbonyl (C=O) groups is 3. The van der Waals surface area contributed by atoms with Crippen molar-refractivity contribution >= 4 is 40.7 Å². The zero-order valence-corrected chi connectivity index (χ0v) is 30.7. The van der Waals surface area contributed by atoms with Crippen LogP contribution >= 0.6 is 22.7 Å². The van der Waals surface area contributed by atoms with Gasteiger partial charge in [0.15, 0.2) is 0 Å². The van der Waals surface area contributed by atoms with Crippen molar-refractivity contribution in [2.45, 2.75) is 109 Å². The van der Waals surface area contributed by atoms with Gasteiger partial charge in [-0.2, -0.15) is 0 Å². The standard InChI is InChI=1S/C38H48N6O4S2/c1-4-34(43-37(46)44(32-17-18-32)22-31-24-49-36(41-31)26(2)3)35(45)40-29(19-27-11-7-5-8-12-27)15-16-30(20-28-13-9-6-10-14-28)42-38(47)48-23-33-21-39-25-50-33/h5-14,21,24-26,29-30,32,34H,4,15-20,22-23H2,1-3H3,(H,40,45)(H,42,47)(H,43,46)/t29-,30-,34+/m1/s1. The van der Waals surface area contributed by atoms with Gasteiger partial charge >= 0.3 is 12.1 Å². The molecule has 12 heteroatoms. The minimum absolute atomic E-state index is 0.159. The molecule has 10 nitrogen and oxygen atoms in total. The van der Waals surface area contributed by atoms with E-state index < -0.39 is 12.1 Å². The Morgan fingerprint density at radius 2 is 1.54 bits per heavy atom. The van der Waals surface area contributed by atoms with E-state index in [9.17, 15) is 14.4 Å². The fourth-order valence-electron chi connectivity index (χ4n) is 5.78. The van der Waals surface area contributed by atoms with E-state index in [1.165, 1.54) is 11.3 Å². The SMILES string of the molecule is CC[C@H](NC(=O)N(Cc1csc(C(C)C)n1)C1CC1)C(=O)N[C@H](CC[C@H](Cc1ccccc1)NC(=O)OCc1cncs1)Cc1ccccc1. The first kappa shape index (κ1) is 37.0. The average Bonchev–Trinajstić information content (AvgIpc) is 3.59. The molecule has 0 bridgehead atoms. The highest BCUT2D eigenvalue weighted by atomic mass is 32.1. The highest BCUT2D eigenvalue weighted by Crippen LogP contribution is 2.29. The lowest BCUT2D eigenvalue weighted by atomic mass is 9.95. The first-order valence-corrected chi connectivity index (χ1v) is 19.2. The Labute approximate surface area is 303 Å². The summed E-state index contributed by atoms with van der Waals surface area (Å²) in [4.78, 5) is 51.8. The molecule has 4 amide bonds. The monoisotopic (exact) mass is 716 g/mol. The normalized spacial score (nSPS) is 14.4. The number of aromatic nitrogens is 2. The molecule has 0 aliphatic heterocycles. The number of carbonyl (C=O) groups excluding carboxylic acids is 3. The molecule has 3 atom stereocenters. The molecule has 1 saturated carbocycles. The lowest BCUT2D eigenvalue weighted by Gasteiger charge is -2.28. The fourth-order valence-corrected chi connectivity index (χ4v) is 7.12. The molecule has 1 aliphatic carbocycles. The zero-order chi connectivity index (χ0) is 35.3. The Morgan fingerprint density at radius 3 is 2.08 bits per heavy atom. The number of hydrogen-bond donors (Lipinski definition) is 3. The number of thiazole rings is 2. The smallest absolute Gasteiger partial charge is 0.407 e. The second kappa shape index (κ2) is 18.6. The number of benzene rings is 2. The van der Waals surface area contributed by atoms with Gasteiger partial charge in [-0.1, -0.05) is 81.4 Å². The van der Waals surface area contributed by atoms with Crippen LogP contribution in [0, 0.1) is 0 Å². The van der Waals surface area contributed by atoms with Crippen LogP contribution in [0.3, 0.4) is 0 Å². The second-order valence-corrected chi connectivity index (χ2v) is 15.0. The number of nitrogens with one attached hydrogen (secondary N) is 3. The number of ether oxygens (including phenoxy) is 1. The van der Waals surface area contributed by atoms with Crippen molar-refractivity contribution in [3.05, 3.63) is 104 Å². The summed E-state index contributed by atoms with van der Waals surface area (Å²) in [7, 11) is 0. The van der Waals surface area contributed by atoms with E-state index in [-0.39, 0.29) is 36.7 Å². The molecule has 2 aromatic carbocycles. The maximum absolute atomic E-state index is 13.8. The third-order valence-electron chi connectivity index (χ3n) is 8.68. The Morgan fingerprint density at radius 1 is 0.900 bits per heavy atom. The van der Waals surface area contributed by atoms with Crippen LogP contribution in [-0.4, -0.2) is 57.1 Å². The third kappa shape index (κ3) is 11.7. The number of nitrogens with zero attached hydrogens (tertiary/aromatic N) is 3. The van der Waals surface area contributed by atoms with E-state index in [1.54, 1.807) is 23.0 Å². The first-order valence-electron chi connectivity index (χ1n) is 17.5. The second-order valence-electron chi connectivity index (χ2n) is 13.1. The van der Waals surface area contributed by atoms with Gasteiger partial charge in [0.25, 0.3) is 0 Å². The van der Waals surface area contributed by atoms with Crippen LogP contribution in [0.25, 0.3) is 0 Å². The van der Waals surface area contributed by atoms with Gasteiger partial charge in [-0.3, -0.25) is 9.78 Å². The number of urea groups is 1. The topological polar surface area (TPSA) is 126 Å². The molecule has 0 saturated heterocycles. The van der Waals surface area contributed by atoms with Crippen molar-refractivity contribution in [3.63, 3.8) is 0 Å². The molecule has 2 aromatic heterocycles. The van der Waals surface area contributed by atoms with Crippen LogP contribution in [0.15, 0.2) is 77.8 Å². The van der Waals surface area contributed by atoms with Crippen molar-refractivity contribution in [3.8, 4) is 0 Å². The van der Waals surface area contributed by atoms with Gasteiger partial charge in [-0.15, -0.1) is 22.7 Å². The predicted octanol–water partition coefficient (Wildman–Crippen LogP) is 7.22. The molecule has 1 aliphatic rings. The van der Waals surface area contributed by atoms with Gasteiger partial charge in [0.2, 0.25) is 5.91 Å². The van der Waals surface area contributed by atoms with E-state index in [2.05, 4.69) is 34.8 Å². The molecule has 0 radical (unpaired) electrons. The van der Waals surface area contributed by atoms with E-state index >= 15 is 0 Å². The highest BCUT2D eigenvalue weighted by molar-refractivity contribution is 7.09. The molecule has 1 fully saturated rings. The summed E-state index contributed by atoms with van der Waals surface area (Å²) in [5.74, 6) is 0.117. The Balaban J connectivity index is 1.23. The lowest BCUT2D eigenvalue weighted by Crippen LogP contribution is -2.53. The Kier molecular flexibility index (Phi) is 13.8. The predicted molar refractivity (Wildman–Crippen MR) is 198 cm³/mol. The summed E-state index contributed by atoms with van der Waals surface area (Å²) in [5, 5.41) is 12.4. The number of hydrogen-bond acceptors (Lipinski definition) is 8. The van der Waals surface area contributed by atoms with Crippen LogP contribution in [0.1, 0.15) is 85.5 Å². The summed E-state index contributed by atoms with van der Waals surface area (Å²) < 4.78 is 5.50. The largest absolute Gasteiger partial charge is 0.444 e. The summed E-state index contributed by atoms with van der Waals surface area (Å²) in [6, 6.07) is 18.8. The van der Waals surface area contributed by atoms with Crippen LogP contribution in [-0.2, 0) is 35.5 Å². The number of rotatable bonds is 18. The number of amides is 4. The van der Waals surface area contributed by atoms with Gasteiger partial charge in [0.05, 0.1) is 27.6 Å². The van der Waals surface area contributed by atoms with E-state index in [0.29, 0.717) is 44.6 Å². The van der Waals surface area contributed by atoms with E-state index in [1.807, 2.05) is 77.9 Å². The molecule has 50 heavy (non-hydrogen) atoms. The third-order valence-corrected chi connectivity index (χ3v) is 10.6. The van der Waals surface area contributed by atoms with Crippen LogP contribution in [0.5, 0.6) is 0 Å².